The predicted octanol–water partition coefficient (Wildman–Crippen LogP) is 2.56. The summed E-state index contributed by atoms with van der Waals surface area (Å²) >= 11 is 1.28. The van der Waals surface area contributed by atoms with Gasteiger partial charge in [0.2, 0.25) is 10.0 Å². The van der Waals surface area contributed by atoms with E-state index in [1.807, 2.05) is 35.7 Å². The van der Waals surface area contributed by atoms with E-state index in [0.717, 1.165) is 16.8 Å². The Labute approximate surface area is 143 Å². The Morgan fingerprint density at radius 3 is 2.62 bits per heavy atom. The third kappa shape index (κ3) is 3.65. The molecule has 0 amide bonds. The molecule has 120 valence electrons. The van der Waals surface area contributed by atoms with Crippen LogP contribution in [0.5, 0.6) is 0 Å². The van der Waals surface area contributed by atoms with Crippen LogP contribution in [0.15, 0.2) is 58.8 Å². The fourth-order valence-corrected chi connectivity index (χ4v) is 3.61. The molecule has 24 heavy (non-hydrogen) atoms. The lowest BCUT2D eigenvalue weighted by atomic mass is 10.1. The van der Waals surface area contributed by atoms with Crippen LogP contribution in [0.4, 0.5) is 0 Å². The van der Waals surface area contributed by atoms with Crippen molar-refractivity contribution in [2.75, 3.05) is 0 Å². The molecule has 0 radical (unpaired) electrons. The zero-order chi connectivity index (χ0) is 17.0. The molecule has 0 aliphatic carbocycles. The number of sulfonamides is 1. The second-order valence-electron chi connectivity index (χ2n) is 4.95. The molecule has 0 bridgehead atoms. The Morgan fingerprint density at radius 2 is 1.96 bits per heavy atom. The zero-order valence-corrected chi connectivity index (χ0v) is 14.0. The van der Waals surface area contributed by atoms with E-state index in [4.69, 9.17) is 5.26 Å². The maximum atomic E-state index is 12.3. The van der Waals surface area contributed by atoms with Crippen molar-refractivity contribution in [2.45, 2.75) is 11.4 Å². The van der Waals surface area contributed by atoms with Gasteiger partial charge in [-0.15, -0.1) is 5.10 Å². The molecule has 8 heteroatoms. The summed E-state index contributed by atoms with van der Waals surface area (Å²) in [5.74, 6) is 0. The standard InChI is InChI=1S/C16H12N4O2S2/c17-9-13-2-1-3-15(8-13)24(21,22)18-10-12-4-6-14(7-5-12)16-11-23-20-19-16/h1-8,11,18H,10H2. The summed E-state index contributed by atoms with van der Waals surface area (Å²) < 4.78 is 30.9. The van der Waals surface area contributed by atoms with Crippen LogP contribution in [0.2, 0.25) is 0 Å². The minimum absolute atomic E-state index is 0.0757. The van der Waals surface area contributed by atoms with Crippen LogP contribution in [0.1, 0.15) is 11.1 Å². The molecular formula is C16H12N4O2S2. The molecule has 2 aromatic carbocycles. The summed E-state index contributed by atoms with van der Waals surface area (Å²) in [4.78, 5) is 0.0757. The molecule has 0 fully saturated rings. The second kappa shape index (κ2) is 6.88. The van der Waals surface area contributed by atoms with Crippen molar-refractivity contribution in [3.05, 3.63) is 65.0 Å². The highest BCUT2D eigenvalue weighted by Gasteiger charge is 2.14. The molecule has 0 unspecified atom stereocenters. The van der Waals surface area contributed by atoms with Crippen LogP contribution >= 0.6 is 11.5 Å². The monoisotopic (exact) mass is 356 g/mol. The molecule has 0 aliphatic rings. The number of hydrogen-bond donors (Lipinski definition) is 1. The van der Waals surface area contributed by atoms with E-state index in [1.165, 1.54) is 23.7 Å². The number of aromatic nitrogens is 2. The molecule has 1 N–H and O–H groups in total. The van der Waals surface area contributed by atoms with Gasteiger partial charge in [-0.2, -0.15) is 5.26 Å². The average Bonchev–Trinajstić information content (AvgIpc) is 3.15. The third-order valence-corrected chi connectivity index (χ3v) is 5.25. The van der Waals surface area contributed by atoms with Crippen LogP contribution in [0.3, 0.4) is 0 Å². The molecule has 0 atom stereocenters. The lowest BCUT2D eigenvalue weighted by Gasteiger charge is -2.07. The SMILES string of the molecule is N#Cc1cccc(S(=O)(=O)NCc2ccc(-c3csnn3)cc2)c1. The molecular weight excluding hydrogens is 344 g/mol. The molecule has 0 saturated carbocycles. The number of hydrogen-bond acceptors (Lipinski definition) is 6. The van der Waals surface area contributed by atoms with Crippen molar-refractivity contribution in [2.24, 2.45) is 0 Å². The van der Waals surface area contributed by atoms with Crippen molar-refractivity contribution in [1.29, 1.82) is 5.26 Å². The summed E-state index contributed by atoms with van der Waals surface area (Å²) in [5.41, 5.74) is 2.85. The Bertz CT molecular complexity index is 976. The van der Waals surface area contributed by atoms with E-state index in [2.05, 4.69) is 14.3 Å². The molecule has 0 spiro atoms. The first-order chi connectivity index (χ1) is 11.6. The highest BCUT2D eigenvalue weighted by Crippen LogP contribution is 2.18. The van der Waals surface area contributed by atoms with E-state index in [9.17, 15) is 8.42 Å². The number of benzene rings is 2. The Kier molecular flexibility index (Phi) is 4.66. The smallest absolute Gasteiger partial charge is 0.207 e. The van der Waals surface area contributed by atoms with Crippen LogP contribution in [0, 0.1) is 11.3 Å². The normalized spacial score (nSPS) is 11.1. The predicted molar refractivity (Wildman–Crippen MR) is 90.5 cm³/mol. The van der Waals surface area contributed by atoms with Gasteiger partial charge in [0, 0.05) is 17.5 Å². The topological polar surface area (TPSA) is 95.7 Å². The first-order valence-electron chi connectivity index (χ1n) is 6.95. The molecule has 6 nitrogen and oxygen atoms in total. The van der Waals surface area contributed by atoms with Crippen LogP contribution in [-0.4, -0.2) is 18.0 Å². The van der Waals surface area contributed by atoms with Crippen molar-refractivity contribution in [3.63, 3.8) is 0 Å². The lowest BCUT2D eigenvalue weighted by molar-refractivity contribution is 0.581. The average molecular weight is 356 g/mol. The van der Waals surface area contributed by atoms with E-state index in [-0.39, 0.29) is 11.4 Å². The number of nitrogens with one attached hydrogen (secondary N) is 1. The van der Waals surface area contributed by atoms with Gasteiger partial charge in [-0.25, -0.2) is 13.1 Å². The maximum Gasteiger partial charge on any atom is 0.240 e. The van der Waals surface area contributed by atoms with E-state index in [0.29, 0.717) is 5.56 Å². The molecule has 3 rings (SSSR count). The van der Waals surface area contributed by atoms with Crippen LogP contribution in [-0.2, 0) is 16.6 Å². The van der Waals surface area contributed by atoms with Gasteiger partial charge in [0.25, 0.3) is 0 Å². The van der Waals surface area contributed by atoms with E-state index in [1.54, 1.807) is 12.1 Å². The second-order valence-corrected chi connectivity index (χ2v) is 7.33. The van der Waals surface area contributed by atoms with Gasteiger partial charge >= 0.3 is 0 Å². The van der Waals surface area contributed by atoms with Crippen molar-refractivity contribution < 1.29 is 8.42 Å². The number of rotatable bonds is 5. The molecule has 3 aromatic rings. The number of nitrogens with zero attached hydrogens (tertiary/aromatic N) is 3. The van der Waals surface area contributed by atoms with Gasteiger partial charge in [0.15, 0.2) is 0 Å². The summed E-state index contributed by atoms with van der Waals surface area (Å²) in [6, 6.07) is 15.3. The first kappa shape index (κ1) is 16.3. The fraction of sp³-hybridized carbons (Fsp3) is 0.0625. The Hall–Kier alpha value is -2.60. The van der Waals surface area contributed by atoms with E-state index < -0.39 is 10.0 Å². The third-order valence-electron chi connectivity index (χ3n) is 3.35. The molecule has 0 saturated heterocycles. The Morgan fingerprint density at radius 1 is 1.17 bits per heavy atom. The molecule has 1 aromatic heterocycles. The van der Waals surface area contributed by atoms with Crippen LogP contribution in [0.25, 0.3) is 11.3 Å². The van der Waals surface area contributed by atoms with Gasteiger partial charge in [-0.1, -0.05) is 34.8 Å². The summed E-state index contributed by atoms with van der Waals surface area (Å²) in [7, 11) is -3.67. The lowest BCUT2D eigenvalue weighted by Crippen LogP contribution is -2.23. The summed E-state index contributed by atoms with van der Waals surface area (Å²) in [6.07, 6.45) is 0. The molecule has 1 heterocycles. The maximum absolute atomic E-state index is 12.3. The van der Waals surface area contributed by atoms with Gasteiger partial charge in [0.05, 0.1) is 16.5 Å². The van der Waals surface area contributed by atoms with Crippen LogP contribution < -0.4 is 4.72 Å². The van der Waals surface area contributed by atoms with Crippen molar-refractivity contribution >= 4 is 21.6 Å². The quantitative estimate of drug-likeness (QED) is 0.758. The van der Waals surface area contributed by atoms with E-state index >= 15 is 0 Å². The van der Waals surface area contributed by atoms with Gasteiger partial charge in [-0.3, -0.25) is 0 Å². The fourth-order valence-electron chi connectivity index (χ4n) is 2.08. The summed E-state index contributed by atoms with van der Waals surface area (Å²) in [6.45, 7) is 0.161. The van der Waals surface area contributed by atoms with Gasteiger partial charge < -0.3 is 0 Å². The Balaban J connectivity index is 1.71. The zero-order valence-electron chi connectivity index (χ0n) is 12.4. The highest BCUT2D eigenvalue weighted by atomic mass is 32.2. The largest absolute Gasteiger partial charge is 0.240 e. The number of nitriles is 1. The minimum Gasteiger partial charge on any atom is -0.207 e. The summed E-state index contributed by atoms with van der Waals surface area (Å²) in [5, 5.41) is 14.7. The molecule has 0 aliphatic heterocycles. The van der Waals surface area contributed by atoms with Gasteiger partial charge in [0.1, 0.15) is 5.69 Å². The van der Waals surface area contributed by atoms with Crippen molar-refractivity contribution in [1.82, 2.24) is 14.3 Å². The highest BCUT2D eigenvalue weighted by molar-refractivity contribution is 7.89. The minimum atomic E-state index is -3.67. The first-order valence-corrected chi connectivity index (χ1v) is 9.27. The van der Waals surface area contributed by atoms with Crippen molar-refractivity contribution in [3.8, 4) is 17.3 Å². The van der Waals surface area contributed by atoms with Gasteiger partial charge in [-0.05, 0) is 35.3 Å².